The summed E-state index contributed by atoms with van der Waals surface area (Å²) in [5.74, 6) is -1.16. The van der Waals surface area contributed by atoms with Gasteiger partial charge in [-0.05, 0) is 0 Å². The summed E-state index contributed by atoms with van der Waals surface area (Å²) in [6.07, 6.45) is 3.31. The first kappa shape index (κ1) is 14.7. The van der Waals surface area contributed by atoms with Crippen LogP contribution < -0.4 is 4.90 Å². The second kappa shape index (κ2) is 5.65. The topological polar surface area (TPSA) is 47.5 Å². The highest BCUT2D eigenvalue weighted by Gasteiger charge is 2.38. The zero-order valence-corrected chi connectivity index (χ0v) is 12.6. The summed E-state index contributed by atoms with van der Waals surface area (Å²) >= 11 is 0. The maximum absolute atomic E-state index is 13.4. The Hall–Kier alpha value is -1.86. The van der Waals surface area contributed by atoms with Crippen LogP contribution >= 0.6 is 0 Å². The molecule has 5 nitrogen and oxygen atoms in total. The first-order chi connectivity index (χ1) is 11.2. The molecule has 0 aliphatic carbocycles. The molecule has 2 aliphatic rings. The van der Waals surface area contributed by atoms with Crippen molar-refractivity contribution in [2.45, 2.75) is 18.4 Å². The number of hydrogen-bond donors (Lipinski definition) is 0. The number of nitrogens with zero attached hydrogens (tertiary/aromatic N) is 3. The fraction of sp³-hybridized carbons (Fsp3) is 0.500. The standard InChI is InChI=1S/C16H17F2N3O2/c17-11-7-13-14(8-12(11)18)20-15(9-19-13)21-3-6-23-16(10-21)1-4-22-5-2-16/h7-9H,1-6,10H2. The van der Waals surface area contributed by atoms with E-state index in [1.54, 1.807) is 6.20 Å². The molecule has 0 unspecified atom stereocenters. The van der Waals surface area contributed by atoms with Gasteiger partial charge in [-0.25, -0.2) is 13.8 Å². The van der Waals surface area contributed by atoms with Crippen LogP contribution in [-0.2, 0) is 9.47 Å². The van der Waals surface area contributed by atoms with Gasteiger partial charge in [0.25, 0.3) is 0 Å². The maximum atomic E-state index is 13.4. The van der Waals surface area contributed by atoms with E-state index in [0.717, 1.165) is 25.0 Å². The predicted octanol–water partition coefficient (Wildman–Crippen LogP) is 2.29. The lowest BCUT2D eigenvalue weighted by molar-refractivity contribution is -0.116. The third-order valence-electron chi connectivity index (χ3n) is 4.55. The van der Waals surface area contributed by atoms with Gasteiger partial charge in [-0.3, -0.25) is 4.98 Å². The molecule has 0 atom stereocenters. The molecule has 0 radical (unpaired) electrons. The molecule has 122 valence electrons. The number of morpholine rings is 1. The van der Waals surface area contributed by atoms with E-state index in [-0.39, 0.29) is 5.60 Å². The summed E-state index contributed by atoms with van der Waals surface area (Å²) in [4.78, 5) is 10.8. The summed E-state index contributed by atoms with van der Waals surface area (Å²) in [5, 5.41) is 0. The van der Waals surface area contributed by atoms with Gasteiger partial charge < -0.3 is 14.4 Å². The molecule has 0 amide bonds. The first-order valence-corrected chi connectivity index (χ1v) is 7.74. The zero-order chi connectivity index (χ0) is 15.9. The van der Waals surface area contributed by atoms with E-state index in [4.69, 9.17) is 9.47 Å². The molecule has 2 fully saturated rings. The second-order valence-corrected chi connectivity index (χ2v) is 6.05. The number of fused-ring (bicyclic) bond motifs is 1. The van der Waals surface area contributed by atoms with Crippen LogP contribution in [0.4, 0.5) is 14.6 Å². The fourth-order valence-corrected chi connectivity index (χ4v) is 3.24. The van der Waals surface area contributed by atoms with E-state index in [9.17, 15) is 8.78 Å². The molecule has 2 aromatic rings. The van der Waals surface area contributed by atoms with Crippen molar-refractivity contribution >= 4 is 16.9 Å². The van der Waals surface area contributed by atoms with Gasteiger partial charge in [-0.1, -0.05) is 0 Å². The van der Waals surface area contributed by atoms with Gasteiger partial charge in [0, 0.05) is 51.3 Å². The van der Waals surface area contributed by atoms with Crippen molar-refractivity contribution in [2.75, 3.05) is 37.8 Å². The Kier molecular flexibility index (Phi) is 3.61. The summed E-state index contributed by atoms with van der Waals surface area (Å²) < 4.78 is 38.1. The third kappa shape index (κ3) is 2.74. The molecule has 2 aliphatic heterocycles. The van der Waals surface area contributed by atoms with E-state index in [1.165, 1.54) is 0 Å². The lowest BCUT2D eigenvalue weighted by atomic mass is 9.92. The van der Waals surface area contributed by atoms with Crippen LogP contribution in [0.15, 0.2) is 18.3 Å². The summed E-state index contributed by atoms with van der Waals surface area (Å²) in [6.45, 7) is 3.41. The number of anilines is 1. The highest BCUT2D eigenvalue weighted by Crippen LogP contribution is 2.31. The molecule has 1 aromatic carbocycles. The van der Waals surface area contributed by atoms with E-state index in [0.29, 0.717) is 49.8 Å². The molecule has 23 heavy (non-hydrogen) atoms. The molecule has 1 aromatic heterocycles. The van der Waals surface area contributed by atoms with Crippen molar-refractivity contribution in [3.05, 3.63) is 30.0 Å². The number of halogens is 2. The Balaban J connectivity index is 1.64. The van der Waals surface area contributed by atoms with Gasteiger partial charge in [-0.15, -0.1) is 0 Å². The summed E-state index contributed by atoms with van der Waals surface area (Å²) in [5.41, 5.74) is 0.497. The molecular formula is C16H17F2N3O2. The molecule has 1 spiro atoms. The summed E-state index contributed by atoms with van der Waals surface area (Å²) in [6, 6.07) is 2.16. The van der Waals surface area contributed by atoms with Crippen molar-refractivity contribution in [2.24, 2.45) is 0 Å². The first-order valence-electron chi connectivity index (χ1n) is 7.74. The average Bonchev–Trinajstić information content (AvgIpc) is 2.56. The van der Waals surface area contributed by atoms with Crippen molar-refractivity contribution < 1.29 is 18.3 Å². The van der Waals surface area contributed by atoms with Crippen LogP contribution in [0, 0.1) is 11.6 Å². The monoisotopic (exact) mass is 321 g/mol. The quantitative estimate of drug-likeness (QED) is 0.806. The Morgan fingerprint density at radius 2 is 1.78 bits per heavy atom. The minimum atomic E-state index is -0.910. The van der Waals surface area contributed by atoms with Crippen LogP contribution in [0.1, 0.15) is 12.8 Å². The van der Waals surface area contributed by atoms with Crippen LogP contribution in [0.2, 0.25) is 0 Å². The Morgan fingerprint density at radius 1 is 1.04 bits per heavy atom. The number of hydrogen-bond acceptors (Lipinski definition) is 5. The van der Waals surface area contributed by atoms with Gasteiger partial charge >= 0.3 is 0 Å². The van der Waals surface area contributed by atoms with Crippen molar-refractivity contribution in [3.8, 4) is 0 Å². The molecule has 0 bridgehead atoms. The van der Waals surface area contributed by atoms with E-state index >= 15 is 0 Å². The van der Waals surface area contributed by atoms with Crippen LogP contribution in [0.3, 0.4) is 0 Å². The maximum Gasteiger partial charge on any atom is 0.161 e. The van der Waals surface area contributed by atoms with Gasteiger partial charge in [-0.2, -0.15) is 0 Å². The lowest BCUT2D eigenvalue weighted by Gasteiger charge is -2.45. The van der Waals surface area contributed by atoms with Gasteiger partial charge in [0.05, 0.1) is 29.4 Å². The van der Waals surface area contributed by atoms with Gasteiger partial charge in [0.1, 0.15) is 5.82 Å². The van der Waals surface area contributed by atoms with Crippen molar-refractivity contribution in [1.82, 2.24) is 9.97 Å². The van der Waals surface area contributed by atoms with Gasteiger partial charge in [0.2, 0.25) is 0 Å². The Morgan fingerprint density at radius 3 is 2.57 bits per heavy atom. The van der Waals surface area contributed by atoms with Crippen LogP contribution in [0.25, 0.3) is 11.0 Å². The van der Waals surface area contributed by atoms with Crippen molar-refractivity contribution in [1.29, 1.82) is 0 Å². The zero-order valence-electron chi connectivity index (χ0n) is 12.6. The average molecular weight is 321 g/mol. The fourth-order valence-electron chi connectivity index (χ4n) is 3.24. The molecule has 0 saturated carbocycles. The minimum absolute atomic E-state index is 0.207. The van der Waals surface area contributed by atoms with E-state index < -0.39 is 11.6 Å². The van der Waals surface area contributed by atoms with Crippen LogP contribution in [-0.4, -0.2) is 48.5 Å². The molecule has 3 heterocycles. The Bertz CT molecular complexity index is 729. The number of ether oxygens (including phenoxy) is 2. The molecular weight excluding hydrogens is 304 g/mol. The number of aromatic nitrogens is 2. The highest BCUT2D eigenvalue weighted by atomic mass is 19.2. The molecule has 7 heteroatoms. The van der Waals surface area contributed by atoms with E-state index in [1.807, 2.05) is 0 Å². The largest absolute Gasteiger partial charge is 0.381 e. The lowest BCUT2D eigenvalue weighted by Crippen LogP contribution is -2.54. The third-order valence-corrected chi connectivity index (χ3v) is 4.55. The SMILES string of the molecule is Fc1cc2ncc(N3CCOC4(CCOCC4)C3)nc2cc1F. The van der Waals surface area contributed by atoms with Crippen molar-refractivity contribution in [3.63, 3.8) is 0 Å². The van der Waals surface area contributed by atoms with Gasteiger partial charge in [0.15, 0.2) is 11.6 Å². The summed E-state index contributed by atoms with van der Waals surface area (Å²) in [7, 11) is 0. The highest BCUT2D eigenvalue weighted by molar-refractivity contribution is 5.75. The smallest absolute Gasteiger partial charge is 0.161 e. The molecule has 0 N–H and O–H groups in total. The predicted molar refractivity (Wildman–Crippen MR) is 80.4 cm³/mol. The van der Waals surface area contributed by atoms with Crippen LogP contribution in [0.5, 0.6) is 0 Å². The normalized spacial score (nSPS) is 21.0. The second-order valence-electron chi connectivity index (χ2n) is 6.05. The Labute approximate surface area is 132 Å². The number of benzene rings is 1. The van der Waals surface area contributed by atoms with E-state index in [2.05, 4.69) is 14.9 Å². The molecule has 2 saturated heterocycles. The number of rotatable bonds is 1. The molecule has 4 rings (SSSR count). The minimum Gasteiger partial charge on any atom is -0.381 e.